The summed E-state index contributed by atoms with van der Waals surface area (Å²) in [6, 6.07) is 22.4. The Morgan fingerprint density at radius 2 is 1.10 bits per heavy atom. The van der Waals surface area contributed by atoms with Crippen LogP contribution in [0.1, 0.15) is 26.3 Å². The molecule has 2 aromatic rings. The van der Waals surface area contributed by atoms with Crippen molar-refractivity contribution in [3.63, 3.8) is 0 Å². The molecule has 0 aliphatic rings. The van der Waals surface area contributed by atoms with Crippen LogP contribution in [-0.2, 0) is 6.16 Å². The van der Waals surface area contributed by atoms with Gasteiger partial charge in [-0.1, -0.05) is 0 Å². The Morgan fingerprint density at radius 1 is 0.667 bits per heavy atom. The van der Waals surface area contributed by atoms with Crippen LogP contribution in [0.4, 0.5) is 0 Å². The van der Waals surface area contributed by atoms with E-state index in [0.29, 0.717) is 0 Å². The zero-order valence-electron chi connectivity index (χ0n) is 13.5. The molecule has 2 rings (SSSR count). The van der Waals surface area contributed by atoms with Gasteiger partial charge in [-0.2, -0.15) is 0 Å². The van der Waals surface area contributed by atoms with Crippen molar-refractivity contribution in [2.75, 3.05) is 18.5 Å². The van der Waals surface area contributed by atoms with Crippen molar-refractivity contribution in [3.8, 4) is 0 Å². The molecule has 116 valence electrons. The van der Waals surface area contributed by atoms with Crippen LogP contribution in [0.2, 0.25) is 0 Å². The van der Waals surface area contributed by atoms with Crippen LogP contribution in [0.15, 0.2) is 60.7 Å². The van der Waals surface area contributed by atoms with Crippen molar-refractivity contribution >= 4 is 24.3 Å². The first-order valence-corrected chi connectivity index (χ1v) is 10.8. The summed E-state index contributed by atoms with van der Waals surface area (Å²) in [4.78, 5) is 0. The van der Waals surface area contributed by atoms with E-state index in [0.717, 1.165) is 0 Å². The molecular formula is C19H28ClP. The maximum Gasteiger partial charge on any atom is -0.147 e. The van der Waals surface area contributed by atoms with Crippen LogP contribution < -0.4 is 5.30 Å². The Bertz CT molecular complexity index is 521. The third-order valence-electron chi connectivity index (χ3n) is 5.41. The largest absolute Gasteiger partial charge is 0.147 e. The molecular weight excluding hydrogens is 295 g/mol. The molecule has 0 radical (unpaired) electrons. The molecule has 0 heterocycles. The van der Waals surface area contributed by atoms with E-state index < -0.39 is 6.60 Å². The molecule has 2 heteroatoms. The minimum absolute atomic E-state index is 0. The Balaban J connectivity index is 0.00000220. The Labute approximate surface area is 136 Å². The van der Waals surface area contributed by atoms with Gasteiger partial charge in [-0.3, -0.25) is 0 Å². The fourth-order valence-corrected chi connectivity index (χ4v) is 9.03. The summed E-state index contributed by atoms with van der Waals surface area (Å²) < 4.78 is 0. The predicted octanol–water partition coefficient (Wildman–Crippen LogP) is 5.55. The van der Waals surface area contributed by atoms with Crippen molar-refractivity contribution in [3.05, 3.63) is 66.2 Å². The first kappa shape index (κ1) is 18.2. The van der Waals surface area contributed by atoms with Crippen LogP contribution in [0.25, 0.3) is 0 Å². The second-order valence-electron chi connectivity index (χ2n) is 5.90. The maximum atomic E-state index is 2.40. The van der Waals surface area contributed by atoms with E-state index in [1.807, 2.05) is 0 Å². The molecule has 0 bridgehead atoms. The van der Waals surface area contributed by atoms with Crippen molar-refractivity contribution in [1.29, 1.82) is 0 Å². The Morgan fingerprint density at radius 3 is 1.52 bits per heavy atom. The summed E-state index contributed by atoms with van der Waals surface area (Å²) in [6.07, 6.45) is 5.16. The van der Waals surface area contributed by atoms with E-state index in [1.54, 1.807) is 5.30 Å². The fraction of sp³-hybridized carbons (Fsp3) is 0.368. The number of hydrogen-bond acceptors (Lipinski definition) is 0. The SMILES string of the molecule is CCP(CC)(CC)(Cc1ccccc1)c1ccccc1.Cl. The number of hydrogen-bond donors (Lipinski definition) is 0. The zero-order chi connectivity index (χ0) is 14.5. The standard InChI is InChI=1S/C19H27P.ClH/c1-4-20(5-2,6-3,19-15-11-8-12-16-19)17-18-13-9-7-10-14-18;/h7-16H,4-6,17H2,1-3H3;1H. The molecule has 0 amide bonds. The van der Waals surface area contributed by atoms with Gasteiger partial charge in [0.15, 0.2) is 0 Å². The summed E-state index contributed by atoms with van der Waals surface area (Å²) in [5.41, 5.74) is 1.50. The van der Waals surface area contributed by atoms with E-state index in [9.17, 15) is 0 Å². The van der Waals surface area contributed by atoms with Gasteiger partial charge in [0.05, 0.1) is 0 Å². The molecule has 0 spiro atoms. The van der Waals surface area contributed by atoms with E-state index in [2.05, 4.69) is 81.4 Å². The van der Waals surface area contributed by atoms with Gasteiger partial charge in [0, 0.05) is 0 Å². The van der Waals surface area contributed by atoms with Crippen LogP contribution in [0.3, 0.4) is 0 Å². The third-order valence-corrected chi connectivity index (χ3v) is 13.3. The molecule has 2 aromatic carbocycles. The average Bonchev–Trinajstić information content (AvgIpc) is 2.55. The molecule has 0 saturated heterocycles. The van der Waals surface area contributed by atoms with Crippen molar-refractivity contribution in [2.45, 2.75) is 26.9 Å². The Kier molecular flexibility index (Phi) is 6.44. The van der Waals surface area contributed by atoms with E-state index in [4.69, 9.17) is 0 Å². The summed E-state index contributed by atoms with van der Waals surface area (Å²) >= 11 is 0. The quantitative estimate of drug-likeness (QED) is 0.612. The molecule has 0 aromatic heterocycles. The molecule has 0 atom stereocenters. The predicted molar refractivity (Wildman–Crippen MR) is 102 cm³/mol. The van der Waals surface area contributed by atoms with Gasteiger partial charge >= 0.3 is 124 Å². The minimum Gasteiger partial charge on any atom is -0.147 e. The van der Waals surface area contributed by atoms with Gasteiger partial charge in [-0.05, 0) is 0 Å². The summed E-state index contributed by atoms with van der Waals surface area (Å²) in [5, 5.41) is 1.62. The van der Waals surface area contributed by atoms with Gasteiger partial charge in [-0.25, -0.2) is 0 Å². The van der Waals surface area contributed by atoms with Crippen molar-refractivity contribution in [1.82, 2.24) is 0 Å². The second kappa shape index (κ2) is 7.43. The van der Waals surface area contributed by atoms with E-state index in [1.165, 1.54) is 30.2 Å². The molecule has 0 unspecified atom stereocenters. The zero-order valence-corrected chi connectivity index (χ0v) is 15.2. The summed E-state index contributed by atoms with van der Waals surface area (Å²) in [5.74, 6) is 0. The van der Waals surface area contributed by atoms with Gasteiger partial charge in [-0.15, -0.1) is 12.4 Å². The Hall–Kier alpha value is -0.840. The van der Waals surface area contributed by atoms with E-state index >= 15 is 0 Å². The normalized spacial score (nSPS) is 13.0. The molecule has 0 fully saturated rings. The van der Waals surface area contributed by atoms with Crippen LogP contribution in [0.5, 0.6) is 0 Å². The average molecular weight is 323 g/mol. The van der Waals surface area contributed by atoms with Crippen LogP contribution in [-0.4, -0.2) is 18.5 Å². The first-order valence-electron chi connectivity index (χ1n) is 7.78. The third kappa shape index (κ3) is 3.33. The van der Waals surface area contributed by atoms with Crippen molar-refractivity contribution < 1.29 is 0 Å². The number of benzene rings is 2. The molecule has 21 heavy (non-hydrogen) atoms. The monoisotopic (exact) mass is 322 g/mol. The first-order chi connectivity index (χ1) is 9.69. The summed E-state index contributed by atoms with van der Waals surface area (Å²) in [7, 11) is 0. The van der Waals surface area contributed by atoms with Gasteiger partial charge in [0.25, 0.3) is 0 Å². The number of rotatable bonds is 6. The van der Waals surface area contributed by atoms with Gasteiger partial charge < -0.3 is 0 Å². The van der Waals surface area contributed by atoms with Crippen LogP contribution in [0, 0.1) is 0 Å². The van der Waals surface area contributed by atoms with Crippen molar-refractivity contribution in [2.24, 2.45) is 0 Å². The smallest absolute Gasteiger partial charge is 0.147 e. The van der Waals surface area contributed by atoms with Gasteiger partial charge in [0.1, 0.15) is 0 Å². The fourth-order valence-electron chi connectivity index (χ4n) is 3.56. The molecule has 0 N–H and O–H groups in total. The number of halogens is 1. The van der Waals surface area contributed by atoms with E-state index in [-0.39, 0.29) is 12.4 Å². The second-order valence-corrected chi connectivity index (χ2v) is 12.6. The molecule has 0 aliphatic heterocycles. The molecule has 0 saturated carbocycles. The van der Waals surface area contributed by atoms with Gasteiger partial charge in [0.2, 0.25) is 0 Å². The minimum atomic E-state index is -1.87. The van der Waals surface area contributed by atoms with Crippen LogP contribution >= 0.6 is 19.0 Å². The topological polar surface area (TPSA) is 0 Å². The maximum absolute atomic E-state index is 2.40. The molecule has 0 nitrogen and oxygen atoms in total. The summed E-state index contributed by atoms with van der Waals surface area (Å²) in [6.45, 7) is 5.34. The molecule has 0 aliphatic carbocycles.